The molecule has 98 valence electrons. The van der Waals surface area contributed by atoms with Crippen LogP contribution in [0.1, 0.15) is 29.6 Å². The Morgan fingerprint density at radius 1 is 1.33 bits per heavy atom. The lowest BCUT2D eigenvalue weighted by Crippen LogP contribution is -2.24. The molecule has 1 rings (SSSR count). The molecule has 1 aromatic rings. The summed E-state index contributed by atoms with van der Waals surface area (Å²) in [5.41, 5.74) is 5.23. The Hall–Kier alpha value is -1.56. The molecule has 0 heterocycles. The van der Waals surface area contributed by atoms with E-state index in [-0.39, 0.29) is 23.1 Å². The lowest BCUT2D eigenvalue weighted by atomic mass is 10.2. The zero-order valence-electron chi connectivity index (χ0n) is 9.78. The average molecular weight is 315 g/mol. The average Bonchev–Trinajstić information content (AvgIpc) is 2.27. The Bertz CT molecular complexity index is 449. The molecule has 0 unspecified atom stereocenters. The fraction of sp³-hybridized carbons (Fsp3) is 0.333. The van der Waals surface area contributed by atoms with E-state index in [1.165, 1.54) is 12.1 Å². The number of phenols is 1. The van der Waals surface area contributed by atoms with Gasteiger partial charge in [0.1, 0.15) is 5.75 Å². The minimum Gasteiger partial charge on any atom is -0.507 e. The second-order valence-electron chi connectivity index (χ2n) is 3.84. The van der Waals surface area contributed by atoms with Crippen molar-refractivity contribution in [2.45, 2.75) is 19.3 Å². The predicted octanol–water partition coefficient (Wildman–Crippen LogP) is 1.54. The summed E-state index contributed by atoms with van der Waals surface area (Å²) in [4.78, 5) is 22.2. The number of nitrogens with two attached hydrogens (primary N) is 1. The van der Waals surface area contributed by atoms with Crippen molar-refractivity contribution in [3.05, 3.63) is 28.2 Å². The number of benzene rings is 1. The molecule has 0 aromatic heterocycles. The van der Waals surface area contributed by atoms with Crippen LogP contribution >= 0.6 is 15.9 Å². The van der Waals surface area contributed by atoms with Crippen molar-refractivity contribution >= 4 is 27.7 Å². The number of hydrogen-bond donors (Lipinski definition) is 3. The minimum absolute atomic E-state index is 0.0704. The molecule has 0 saturated heterocycles. The molecule has 0 fully saturated rings. The molecule has 0 aliphatic heterocycles. The summed E-state index contributed by atoms with van der Waals surface area (Å²) >= 11 is 3.20. The van der Waals surface area contributed by atoms with Crippen LogP contribution in [0.3, 0.4) is 0 Å². The van der Waals surface area contributed by atoms with Gasteiger partial charge in [0, 0.05) is 17.4 Å². The Balaban J connectivity index is 2.39. The van der Waals surface area contributed by atoms with Gasteiger partial charge in [0.2, 0.25) is 5.91 Å². The van der Waals surface area contributed by atoms with Crippen molar-refractivity contribution in [1.82, 2.24) is 5.32 Å². The first kappa shape index (κ1) is 14.5. The van der Waals surface area contributed by atoms with Crippen LogP contribution < -0.4 is 11.1 Å². The normalized spacial score (nSPS) is 10.1. The van der Waals surface area contributed by atoms with Crippen molar-refractivity contribution < 1.29 is 14.7 Å². The molecule has 0 atom stereocenters. The zero-order valence-corrected chi connectivity index (χ0v) is 11.4. The van der Waals surface area contributed by atoms with Gasteiger partial charge in [-0.3, -0.25) is 9.59 Å². The van der Waals surface area contributed by atoms with Gasteiger partial charge in [-0.15, -0.1) is 0 Å². The highest BCUT2D eigenvalue weighted by molar-refractivity contribution is 9.10. The Labute approximate surface area is 113 Å². The van der Waals surface area contributed by atoms with Crippen LogP contribution in [0.2, 0.25) is 0 Å². The quantitative estimate of drug-likeness (QED) is 0.695. The van der Waals surface area contributed by atoms with Gasteiger partial charge < -0.3 is 16.2 Å². The maximum absolute atomic E-state index is 11.7. The molecule has 0 bridgehead atoms. The van der Waals surface area contributed by atoms with E-state index in [1.54, 1.807) is 6.07 Å². The largest absolute Gasteiger partial charge is 0.507 e. The first-order valence-corrected chi connectivity index (χ1v) is 6.35. The van der Waals surface area contributed by atoms with Crippen molar-refractivity contribution in [2.75, 3.05) is 6.54 Å². The summed E-state index contributed by atoms with van der Waals surface area (Å²) in [5, 5.41) is 12.3. The fourth-order valence-corrected chi connectivity index (χ4v) is 1.77. The number of unbranched alkanes of at least 4 members (excludes halogenated alkanes) is 1. The molecule has 0 spiro atoms. The number of carbonyl (C=O) groups excluding carboxylic acids is 2. The number of carbonyl (C=O) groups is 2. The molecule has 0 radical (unpaired) electrons. The van der Waals surface area contributed by atoms with Crippen LogP contribution in [-0.2, 0) is 4.79 Å². The zero-order chi connectivity index (χ0) is 13.5. The summed E-state index contributed by atoms with van der Waals surface area (Å²) < 4.78 is 0.706. The highest BCUT2D eigenvalue weighted by Gasteiger charge is 2.10. The summed E-state index contributed by atoms with van der Waals surface area (Å²) in [6.07, 6.45) is 1.63. The minimum atomic E-state index is -0.341. The van der Waals surface area contributed by atoms with Crippen molar-refractivity contribution in [3.8, 4) is 5.75 Å². The van der Waals surface area contributed by atoms with Crippen molar-refractivity contribution in [2.24, 2.45) is 5.73 Å². The fourth-order valence-electron chi connectivity index (χ4n) is 1.42. The maximum atomic E-state index is 11.7. The van der Waals surface area contributed by atoms with Crippen LogP contribution in [0.4, 0.5) is 0 Å². The second kappa shape index (κ2) is 7.00. The van der Waals surface area contributed by atoms with Gasteiger partial charge in [-0.1, -0.05) is 15.9 Å². The van der Waals surface area contributed by atoms with Crippen molar-refractivity contribution in [1.29, 1.82) is 0 Å². The van der Waals surface area contributed by atoms with Gasteiger partial charge in [0.05, 0.1) is 5.56 Å². The van der Waals surface area contributed by atoms with Gasteiger partial charge >= 0.3 is 0 Å². The van der Waals surface area contributed by atoms with Gasteiger partial charge in [-0.05, 0) is 31.0 Å². The standard InChI is InChI=1S/C12H15BrN2O3/c13-8-4-5-9(10(16)7-8)12(18)15-6-2-1-3-11(14)17/h4-5,7,16H,1-3,6H2,(H2,14,17)(H,15,18). The van der Waals surface area contributed by atoms with Gasteiger partial charge in [-0.25, -0.2) is 0 Å². The first-order chi connectivity index (χ1) is 8.50. The molecule has 6 heteroatoms. The van der Waals surface area contributed by atoms with Crippen LogP contribution in [0.15, 0.2) is 22.7 Å². The summed E-state index contributed by atoms with van der Waals surface area (Å²) in [5.74, 6) is -0.745. The van der Waals surface area contributed by atoms with E-state index >= 15 is 0 Å². The van der Waals surface area contributed by atoms with Crippen molar-refractivity contribution in [3.63, 3.8) is 0 Å². The van der Waals surface area contributed by atoms with E-state index in [9.17, 15) is 14.7 Å². The molecular weight excluding hydrogens is 300 g/mol. The predicted molar refractivity (Wildman–Crippen MR) is 71.2 cm³/mol. The van der Waals surface area contributed by atoms with Crippen LogP contribution in [0.25, 0.3) is 0 Å². The number of halogens is 1. The van der Waals surface area contributed by atoms with Gasteiger partial charge in [0.15, 0.2) is 0 Å². The van der Waals surface area contributed by atoms with E-state index in [0.717, 1.165) is 0 Å². The topological polar surface area (TPSA) is 92.4 Å². The second-order valence-corrected chi connectivity index (χ2v) is 4.76. The summed E-state index contributed by atoms with van der Waals surface area (Å²) in [7, 11) is 0. The lowest BCUT2D eigenvalue weighted by molar-refractivity contribution is -0.118. The molecule has 0 aliphatic rings. The molecule has 4 N–H and O–H groups in total. The highest BCUT2D eigenvalue weighted by Crippen LogP contribution is 2.21. The molecule has 18 heavy (non-hydrogen) atoms. The van der Waals surface area contributed by atoms with Crippen LogP contribution in [0.5, 0.6) is 5.75 Å². The summed E-state index contributed by atoms with van der Waals surface area (Å²) in [6, 6.07) is 4.68. The molecular formula is C12H15BrN2O3. The van der Waals surface area contributed by atoms with E-state index in [0.29, 0.717) is 30.3 Å². The number of amides is 2. The first-order valence-electron chi connectivity index (χ1n) is 5.55. The van der Waals surface area contributed by atoms with Crippen LogP contribution in [-0.4, -0.2) is 23.5 Å². The molecule has 0 saturated carbocycles. The number of phenolic OH excluding ortho intramolecular Hbond substituents is 1. The SMILES string of the molecule is NC(=O)CCCCNC(=O)c1ccc(Br)cc1O. The lowest BCUT2D eigenvalue weighted by Gasteiger charge is -2.06. The number of hydrogen-bond acceptors (Lipinski definition) is 3. The molecule has 1 aromatic carbocycles. The van der Waals surface area contributed by atoms with Crippen LogP contribution in [0, 0.1) is 0 Å². The molecule has 5 nitrogen and oxygen atoms in total. The van der Waals surface area contributed by atoms with Gasteiger partial charge in [-0.2, -0.15) is 0 Å². The monoisotopic (exact) mass is 314 g/mol. The van der Waals surface area contributed by atoms with E-state index in [4.69, 9.17) is 5.73 Å². The molecule has 2 amide bonds. The van der Waals surface area contributed by atoms with E-state index in [1.807, 2.05) is 0 Å². The van der Waals surface area contributed by atoms with E-state index in [2.05, 4.69) is 21.2 Å². The third-order valence-electron chi connectivity index (χ3n) is 2.34. The molecule has 0 aliphatic carbocycles. The number of primary amides is 1. The number of rotatable bonds is 6. The Morgan fingerprint density at radius 3 is 2.67 bits per heavy atom. The third kappa shape index (κ3) is 4.75. The number of nitrogens with one attached hydrogen (secondary N) is 1. The Morgan fingerprint density at radius 2 is 2.06 bits per heavy atom. The van der Waals surface area contributed by atoms with Gasteiger partial charge in [0.25, 0.3) is 5.91 Å². The Kier molecular flexibility index (Phi) is 5.64. The van der Waals surface area contributed by atoms with E-state index < -0.39 is 0 Å². The third-order valence-corrected chi connectivity index (χ3v) is 2.83. The maximum Gasteiger partial charge on any atom is 0.255 e. The smallest absolute Gasteiger partial charge is 0.255 e. The summed E-state index contributed by atoms with van der Waals surface area (Å²) in [6.45, 7) is 0.446. The highest BCUT2D eigenvalue weighted by atomic mass is 79.9. The number of aromatic hydroxyl groups is 1.